The minimum Gasteiger partial charge on any atom is -0.467 e. The molecule has 0 saturated carbocycles. The number of carbonyl (C=O) groups is 2. The molecule has 0 radical (unpaired) electrons. The van der Waals surface area contributed by atoms with E-state index in [0.717, 1.165) is 25.7 Å². The van der Waals surface area contributed by atoms with Crippen molar-refractivity contribution in [1.82, 2.24) is 4.90 Å². The lowest BCUT2D eigenvalue weighted by atomic mass is 10.0. The van der Waals surface area contributed by atoms with Crippen LogP contribution in [0, 0.1) is 0 Å². The number of carbonyl (C=O) groups excluding carboxylic acids is 2. The molecule has 1 aliphatic rings. The molecule has 98 valence electrons. The molecule has 1 rings (SSSR count). The van der Waals surface area contributed by atoms with Crippen molar-refractivity contribution in [1.29, 1.82) is 0 Å². The first-order valence-electron chi connectivity index (χ1n) is 6.06. The number of methoxy groups -OCH3 is 1. The number of aliphatic hydroxyl groups is 1. The lowest BCUT2D eigenvalue weighted by molar-refractivity contribution is -0.163. The second-order valence-electron chi connectivity index (χ2n) is 4.74. The van der Waals surface area contributed by atoms with Crippen LogP contribution in [0.1, 0.15) is 39.0 Å². The molecule has 0 aliphatic carbocycles. The summed E-state index contributed by atoms with van der Waals surface area (Å²) >= 11 is 0. The molecular weight excluding hydrogens is 222 g/mol. The molecule has 1 aliphatic heterocycles. The average molecular weight is 243 g/mol. The molecule has 1 saturated heterocycles. The fourth-order valence-electron chi connectivity index (χ4n) is 2.04. The van der Waals surface area contributed by atoms with Crippen LogP contribution in [0.5, 0.6) is 0 Å². The number of rotatable bonds is 3. The van der Waals surface area contributed by atoms with E-state index < -0.39 is 11.6 Å². The molecule has 0 aromatic heterocycles. The number of nitrogens with zero attached hydrogens (tertiary/aromatic N) is 1. The van der Waals surface area contributed by atoms with Crippen molar-refractivity contribution in [2.24, 2.45) is 0 Å². The maximum absolute atomic E-state index is 11.8. The third-order valence-electron chi connectivity index (χ3n) is 3.05. The Labute approximate surface area is 102 Å². The van der Waals surface area contributed by atoms with Gasteiger partial charge in [0.15, 0.2) is 5.60 Å². The zero-order valence-electron chi connectivity index (χ0n) is 10.6. The Hall–Kier alpha value is -1.10. The summed E-state index contributed by atoms with van der Waals surface area (Å²) in [5.74, 6) is -0.693. The molecule has 17 heavy (non-hydrogen) atoms. The zero-order chi connectivity index (χ0) is 12.9. The number of hydrogen-bond acceptors (Lipinski definition) is 4. The maximum Gasteiger partial charge on any atom is 0.339 e. The van der Waals surface area contributed by atoms with Crippen LogP contribution in [-0.4, -0.2) is 47.7 Å². The quantitative estimate of drug-likeness (QED) is 0.741. The Morgan fingerprint density at radius 2 is 2.06 bits per heavy atom. The molecule has 1 amide bonds. The third-order valence-corrected chi connectivity index (χ3v) is 3.05. The van der Waals surface area contributed by atoms with Crippen molar-refractivity contribution in [2.45, 2.75) is 44.6 Å². The molecule has 1 N–H and O–H groups in total. The predicted molar refractivity (Wildman–Crippen MR) is 62.3 cm³/mol. The standard InChI is InChI=1S/C12H21NO4/c1-12(16,11(15)17-2)9-13-8-6-4-3-5-7-10(13)14/h16H,3-9H2,1-2H3. The van der Waals surface area contributed by atoms with E-state index >= 15 is 0 Å². The lowest BCUT2D eigenvalue weighted by Crippen LogP contribution is -2.49. The molecule has 0 aromatic carbocycles. The van der Waals surface area contributed by atoms with E-state index in [-0.39, 0.29) is 12.5 Å². The smallest absolute Gasteiger partial charge is 0.339 e. The Bertz CT molecular complexity index is 288. The van der Waals surface area contributed by atoms with Crippen molar-refractivity contribution in [2.75, 3.05) is 20.2 Å². The molecule has 0 spiro atoms. The van der Waals surface area contributed by atoms with Gasteiger partial charge in [-0.05, 0) is 19.8 Å². The summed E-state index contributed by atoms with van der Waals surface area (Å²) in [5.41, 5.74) is -1.62. The first-order chi connectivity index (χ1) is 7.97. The van der Waals surface area contributed by atoms with Gasteiger partial charge in [0.05, 0.1) is 13.7 Å². The van der Waals surface area contributed by atoms with Gasteiger partial charge in [-0.15, -0.1) is 0 Å². The van der Waals surface area contributed by atoms with Crippen molar-refractivity contribution >= 4 is 11.9 Å². The van der Waals surface area contributed by atoms with Crippen LogP contribution in [-0.2, 0) is 14.3 Å². The molecule has 0 bridgehead atoms. The van der Waals surface area contributed by atoms with Crippen LogP contribution < -0.4 is 0 Å². The van der Waals surface area contributed by atoms with E-state index in [2.05, 4.69) is 4.74 Å². The highest BCUT2D eigenvalue weighted by molar-refractivity contribution is 5.81. The summed E-state index contributed by atoms with van der Waals surface area (Å²) in [4.78, 5) is 24.7. The predicted octanol–water partition coefficient (Wildman–Crippen LogP) is 0.703. The second kappa shape index (κ2) is 6.00. The number of hydrogen-bond donors (Lipinski definition) is 1. The van der Waals surface area contributed by atoms with Crippen LogP contribution in [0.3, 0.4) is 0 Å². The van der Waals surface area contributed by atoms with Crippen LogP contribution in [0.2, 0.25) is 0 Å². The molecule has 0 aromatic rings. The Balaban J connectivity index is 2.63. The summed E-state index contributed by atoms with van der Waals surface area (Å²) in [6.45, 7) is 2.00. The van der Waals surface area contributed by atoms with Gasteiger partial charge < -0.3 is 14.7 Å². The molecule has 5 heteroatoms. The molecule has 1 heterocycles. The van der Waals surface area contributed by atoms with E-state index in [1.807, 2.05) is 0 Å². The summed E-state index contributed by atoms with van der Waals surface area (Å²) in [7, 11) is 1.23. The van der Waals surface area contributed by atoms with Gasteiger partial charge >= 0.3 is 5.97 Å². The average Bonchev–Trinajstić information content (AvgIpc) is 2.27. The van der Waals surface area contributed by atoms with Gasteiger partial charge in [-0.3, -0.25) is 4.79 Å². The monoisotopic (exact) mass is 243 g/mol. The summed E-state index contributed by atoms with van der Waals surface area (Å²) in [6, 6.07) is 0. The van der Waals surface area contributed by atoms with E-state index in [0.29, 0.717) is 13.0 Å². The maximum atomic E-state index is 11.8. The molecule has 5 nitrogen and oxygen atoms in total. The number of likely N-dealkylation sites (tertiary alicyclic amines) is 1. The first kappa shape index (κ1) is 14.0. The molecule has 1 fully saturated rings. The Kier molecular flexibility index (Phi) is 4.93. The van der Waals surface area contributed by atoms with Gasteiger partial charge in [-0.1, -0.05) is 12.8 Å². The minimum atomic E-state index is -1.62. The lowest BCUT2D eigenvalue weighted by Gasteiger charge is -2.31. The van der Waals surface area contributed by atoms with Crippen molar-refractivity contribution in [3.8, 4) is 0 Å². The topological polar surface area (TPSA) is 66.8 Å². The highest BCUT2D eigenvalue weighted by Crippen LogP contribution is 2.15. The summed E-state index contributed by atoms with van der Waals surface area (Å²) in [6.07, 6.45) is 4.47. The van der Waals surface area contributed by atoms with Gasteiger partial charge in [0, 0.05) is 13.0 Å². The SMILES string of the molecule is COC(=O)C(C)(O)CN1CCCCCCC1=O. The molecule has 1 unspecified atom stereocenters. The number of β-amino-alcohol motifs (C(OH)–C–C–N with tert-alkyl or cyclic N) is 1. The fourth-order valence-corrected chi connectivity index (χ4v) is 2.04. The van der Waals surface area contributed by atoms with Gasteiger partial charge in [-0.25, -0.2) is 4.79 Å². The largest absolute Gasteiger partial charge is 0.467 e. The zero-order valence-corrected chi connectivity index (χ0v) is 10.6. The number of ether oxygens (including phenoxy) is 1. The third kappa shape index (κ3) is 4.00. The van der Waals surface area contributed by atoms with Crippen LogP contribution in [0.25, 0.3) is 0 Å². The molecule has 1 atom stereocenters. The highest BCUT2D eigenvalue weighted by Gasteiger charge is 2.35. The van der Waals surface area contributed by atoms with Crippen LogP contribution >= 0.6 is 0 Å². The molecular formula is C12H21NO4. The first-order valence-corrected chi connectivity index (χ1v) is 6.06. The van der Waals surface area contributed by atoms with Crippen LogP contribution in [0.15, 0.2) is 0 Å². The van der Waals surface area contributed by atoms with Gasteiger partial charge in [-0.2, -0.15) is 0 Å². The number of esters is 1. The summed E-state index contributed by atoms with van der Waals surface area (Å²) < 4.78 is 4.52. The Morgan fingerprint density at radius 3 is 2.71 bits per heavy atom. The number of amides is 1. The van der Waals surface area contributed by atoms with Crippen molar-refractivity contribution < 1.29 is 19.4 Å². The highest BCUT2D eigenvalue weighted by atomic mass is 16.5. The summed E-state index contributed by atoms with van der Waals surface area (Å²) in [5, 5.41) is 9.95. The van der Waals surface area contributed by atoms with Crippen molar-refractivity contribution in [3.05, 3.63) is 0 Å². The van der Waals surface area contributed by atoms with E-state index in [1.54, 1.807) is 4.90 Å². The van der Waals surface area contributed by atoms with E-state index in [9.17, 15) is 14.7 Å². The Morgan fingerprint density at radius 1 is 1.41 bits per heavy atom. The normalized spacial score (nSPS) is 21.4. The van der Waals surface area contributed by atoms with Crippen LogP contribution in [0.4, 0.5) is 0 Å². The fraction of sp³-hybridized carbons (Fsp3) is 0.833. The van der Waals surface area contributed by atoms with Gasteiger partial charge in [0.1, 0.15) is 0 Å². The second-order valence-corrected chi connectivity index (χ2v) is 4.74. The van der Waals surface area contributed by atoms with E-state index in [1.165, 1.54) is 14.0 Å². The van der Waals surface area contributed by atoms with Gasteiger partial charge in [0.2, 0.25) is 5.91 Å². The van der Waals surface area contributed by atoms with Crippen molar-refractivity contribution in [3.63, 3.8) is 0 Å². The minimum absolute atomic E-state index is 0.00822. The van der Waals surface area contributed by atoms with E-state index in [4.69, 9.17) is 0 Å². The van der Waals surface area contributed by atoms with Gasteiger partial charge in [0.25, 0.3) is 0 Å².